The van der Waals surface area contributed by atoms with Crippen molar-refractivity contribution < 1.29 is 4.74 Å². The average molecular weight is 313 g/mol. The molecule has 0 spiro atoms. The SMILES string of the molecule is CCCCOCCN=C(NCC)NC1CN(C(C)C)CC1C. The van der Waals surface area contributed by atoms with Crippen LogP contribution in [0, 0.1) is 5.92 Å². The van der Waals surface area contributed by atoms with E-state index in [0.29, 0.717) is 31.2 Å². The van der Waals surface area contributed by atoms with Crippen LogP contribution in [-0.2, 0) is 4.74 Å². The molecule has 2 atom stereocenters. The first-order valence-corrected chi connectivity index (χ1v) is 8.95. The molecule has 0 saturated carbocycles. The molecule has 0 bridgehead atoms. The number of nitrogens with one attached hydrogen (secondary N) is 2. The quantitative estimate of drug-likeness (QED) is 0.389. The van der Waals surface area contributed by atoms with Crippen LogP contribution in [0.2, 0.25) is 0 Å². The van der Waals surface area contributed by atoms with Gasteiger partial charge >= 0.3 is 0 Å². The molecule has 0 amide bonds. The summed E-state index contributed by atoms with van der Waals surface area (Å²) in [4.78, 5) is 7.16. The molecule has 1 rings (SSSR count). The van der Waals surface area contributed by atoms with Gasteiger partial charge in [-0.1, -0.05) is 20.3 Å². The summed E-state index contributed by atoms with van der Waals surface area (Å²) >= 11 is 0. The number of aliphatic imine (C=N–C) groups is 1. The van der Waals surface area contributed by atoms with Crippen LogP contribution in [0.4, 0.5) is 0 Å². The zero-order chi connectivity index (χ0) is 16.4. The van der Waals surface area contributed by atoms with Crippen molar-refractivity contribution >= 4 is 5.96 Å². The standard InChI is InChI=1S/C17H36N4O/c1-6-8-10-22-11-9-19-17(18-7-2)20-16-13-21(14(3)4)12-15(16)5/h14-16H,6-13H2,1-5H3,(H2,18,19,20). The Balaban J connectivity index is 2.39. The number of ether oxygens (including phenoxy) is 1. The Bertz CT molecular complexity index is 320. The van der Waals surface area contributed by atoms with Gasteiger partial charge in [0.2, 0.25) is 0 Å². The van der Waals surface area contributed by atoms with E-state index < -0.39 is 0 Å². The maximum atomic E-state index is 5.57. The van der Waals surface area contributed by atoms with Crippen molar-refractivity contribution in [2.45, 2.75) is 59.5 Å². The molecule has 5 nitrogen and oxygen atoms in total. The summed E-state index contributed by atoms with van der Waals surface area (Å²) < 4.78 is 5.57. The van der Waals surface area contributed by atoms with E-state index in [1.54, 1.807) is 0 Å². The Morgan fingerprint density at radius 1 is 1.27 bits per heavy atom. The normalized spacial score (nSPS) is 23.3. The lowest BCUT2D eigenvalue weighted by Gasteiger charge is -2.21. The van der Waals surface area contributed by atoms with Crippen molar-refractivity contribution in [1.29, 1.82) is 0 Å². The van der Waals surface area contributed by atoms with E-state index in [1.807, 2.05) is 0 Å². The van der Waals surface area contributed by atoms with E-state index in [-0.39, 0.29) is 0 Å². The highest BCUT2D eigenvalue weighted by molar-refractivity contribution is 5.80. The van der Waals surface area contributed by atoms with E-state index in [2.05, 4.69) is 55.1 Å². The number of hydrogen-bond donors (Lipinski definition) is 2. The van der Waals surface area contributed by atoms with E-state index in [4.69, 9.17) is 4.74 Å². The molecule has 1 aliphatic heterocycles. The van der Waals surface area contributed by atoms with E-state index in [1.165, 1.54) is 6.42 Å². The van der Waals surface area contributed by atoms with Crippen molar-refractivity contribution in [2.75, 3.05) is 39.4 Å². The topological polar surface area (TPSA) is 48.9 Å². The van der Waals surface area contributed by atoms with Gasteiger partial charge in [0.25, 0.3) is 0 Å². The number of hydrogen-bond acceptors (Lipinski definition) is 3. The van der Waals surface area contributed by atoms with Crippen LogP contribution in [-0.4, -0.2) is 62.3 Å². The van der Waals surface area contributed by atoms with Crippen LogP contribution in [0.1, 0.15) is 47.5 Å². The van der Waals surface area contributed by atoms with Gasteiger partial charge < -0.3 is 15.4 Å². The molecule has 1 saturated heterocycles. The zero-order valence-electron chi connectivity index (χ0n) is 15.2. The van der Waals surface area contributed by atoms with Crippen molar-refractivity contribution in [3.05, 3.63) is 0 Å². The van der Waals surface area contributed by atoms with E-state index in [0.717, 1.165) is 38.6 Å². The highest BCUT2D eigenvalue weighted by Crippen LogP contribution is 2.18. The summed E-state index contributed by atoms with van der Waals surface area (Å²) in [5.74, 6) is 1.57. The Morgan fingerprint density at radius 2 is 2.05 bits per heavy atom. The molecule has 0 aliphatic carbocycles. The number of unbranched alkanes of at least 4 members (excludes halogenated alkanes) is 1. The van der Waals surface area contributed by atoms with Crippen LogP contribution in [0.15, 0.2) is 4.99 Å². The Morgan fingerprint density at radius 3 is 2.64 bits per heavy atom. The minimum absolute atomic E-state index is 0.473. The van der Waals surface area contributed by atoms with Crippen LogP contribution < -0.4 is 10.6 Å². The summed E-state index contributed by atoms with van der Waals surface area (Å²) in [6.45, 7) is 16.5. The lowest BCUT2D eigenvalue weighted by atomic mass is 10.1. The van der Waals surface area contributed by atoms with Gasteiger partial charge in [-0.2, -0.15) is 0 Å². The molecule has 1 fully saturated rings. The first-order valence-electron chi connectivity index (χ1n) is 8.95. The number of likely N-dealkylation sites (tertiary alicyclic amines) is 1. The van der Waals surface area contributed by atoms with Crippen LogP contribution in [0.3, 0.4) is 0 Å². The molecular formula is C17H36N4O. The smallest absolute Gasteiger partial charge is 0.191 e. The molecule has 5 heteroatoms. The maximum absolute atomic E-state index is 5.57. The molecule has 1 heterocycles. The first-order chi connectivity index (χ1) is 10.6. The molecule has 130 valence electrons. The van der Waals surface area contributed by atoms with Gasteiger partial charge in [-0.25, -0.2) is 0 Å². The van der Waals surface area contributed by atoms with Crippen LogP contribution in [0.5, 0.6) is 0 Å². The molecule has 2 unspecified atom stereocenters. The Labute approximate surface area is 136 Å². The molecule has 2 N–H and O–H groups in total. The second-order valence-electron chi connectivity index (χ2n) is 6.50. The van der Waals surface area contributed by atoms with E-state index >= 15 is 0 Å². The molecule has 0 radical (unpaired) electrons. The number of guanidine groups is 1. The molecular weight excluding hydrogens is 276 g/mol. The maximum Gasteiger partial charge on any atom is 0.191 e. The summed E-state index contributed by atoms with van der Waals surface area (Å²) in [5.41, 5.74) is 0. The fourth-order valence-corrected chi connectivity index (χ4v) is 2.68. The van der Waals surface area contributed by atoms with Gasteiger partial charge in [-0.15, -0.1) is 0 Å². The van der Waals surface area contributed by atoms with Crippen molar-refractivity contribution in [2.24, 2.45) is 10.9 Å². The van der Waals surface area contributed by atoms with Gasteiger partial charge in [0, 0.05) is 38.3 Å². The fraction of sp³-hybridized carbons (Fsp3) is 0.941. The monoisotopic (exact) mass is 312 g/mol. The molecule has 1 aliphatic rings. The minimum Gasteiger partial charge on any atom is -0.380 e. The summed E-state index contributed by atoms with van der Waals surface area (Å²) in [6.07, 6.45) is 2.31. The fourth-order valence-electron chi connectivity index (χ4n) is 2.68. The molecule has 0 aromatic carbocycles. The van der Waals surface area contributed by atoms with Gasteiger partial charge in [0.15, 0.2) is 5.96 Å². The summed E-state index contributed by atoms with van der Waals surface area (Å²) in [6, 6.07) is 1.09. The number of nitrogens with zero attached hydrogens (tertiary/aromatic N) is 2. The van der Waals surface area contributed by atoms with Crippen molar-refractivity contribution in [3.8, 4) is 0 Å². The third-order valence-electron chi connectivity index (χ3n) is 4.18. The van der Waals surface area contributed by atoms with Crippen LogP contribution in [0.25, 0.3) is 0 Å². The second-order valence-corrected chi connectivity index (χ2v) is 6.50. The first kappa shape index (κ1) is 19.2. The average Bonchev–Trinajstić information content (AvgIpc) is 2.84. The third kappa shape index (κ3) is 6.97. The lowest BCUT2D eigenvalue weighted by Crippen LogP contribution is -2.47. The minimum atomic E-state index is 0.473. The van der Waals surface area contributed by atoms with Crippen LogP contribution >= 0.6 is 0 Å². The Kier molecular flexibility index (Phi) is 9.48. The second kappa shape index (κ2) is 10.8. The molecule has 0 aromatic heterocycles. The predicted octanol–water partition coefficient (Wildman–Crippen LogP) is 2.09. The molecule has 22 heavy (non-hydrogen) atoms. The van der Waals surface area contributed by atoms with Gasteiger partial charge in [0.05, 0.1) is 13.2 Å². The number of rotatable bonds is 9. The predicted molar refractivity (Wildman–Crippen MR) is 94.5 cm³/mol. The summed E-state index contributed by atoms with van der Waals surface area (Å²) in [7, 11) is 0. The Hall–Kier alpha value is -0.810. The highest BCUT2D eigenvalue weighted by Gasteiger charge is 2.31. The molecule has 0 aromatic rings. The van der Waals surface area contributed by atoms with Crippen molar-refractivity contribution in [3.63, 3.8) is 0 Å². The van der Waals surface area contributed by atoms with Gasteiger partial charge in [-0.05, 0) is 33.1 Å². The van der Waals surface area contributed by atoms with Gasteiger partial charge in [-0.3, -0.25) is 9.89 Å². The highest BCUT2D eigenvalue weighted by atomic mass is 16.5. The lowest BCUT2D eigenvalue weighted by molar-refractivity contribution is 0.138. The third-order valence-corrected chi connectivity index (χ3v) is 4.18. The summed E-state index contributed by atoms with van der Waals surface area (Å²) in [5, 5.41) is 6.94. The largest absolute Gasteiger partial charge is 0.380 e. The van der Waals surface area contributed by atoms with Crippen molar-refractivity contribution in [1.82, 2.24) is 15.5 Å². The zero-order valence-corrected chi connectivity index (χ0v) is 15.2. The van der Waals surface area contributed by atoms with Gasteiger partial charge in [0.1, 0.15) is 0 Å². The van der Waals surface area contributed by atoms with E-state index in [9.17, 15) is 0 Å².